The number of likely N-dealkylation sites (N-methyl/N-ethyl adjacent to an activating group) is 1. The summed E-state index contributed by atoms with van der Waals surface area (Å²) in [7, 11) is 3.97. The average Bonchev–Trinajstić information content (AvgIpc) is 3.27. The van der Waals surface area contributed by atoms with Crippen LogP contribution in [0.15, 0.2) is 52.8 Å². The Balaban J connectivity index is 1.59. The smallest absolute Gasteiger partial charge is 0.193 e. The highest BCUT2D eigenvalue weighted by Gasteiger charge is 2.34. The Kier molecular flexibility index (Phi) is 8.09. The molecule has 5 nitrogen and oxygen atoms in total. The Morgan fingerprint density at radius 3 is 2.62 bits per heavy atom. The van der Waals surface area contributed by atoms with Gasteiger partial charge in [0.1, 0.15) is 0 Å². The van der Waals surface area contributed by atoms with Crippen LogP contribution in [0.1, 0.15) is 36.2 Å². The highest BCUT2D eigenvalue weighted by atomic mass is 32.1. The van der Waals surface area contributed by atoms with Crippen molar-refractivity contribution in [1.29, 1.82) is 0 Å². The molecule has 3 rings (SSSR count). The van der Waals surface area contributed by atoms with E-state index in [9.17, 15) is 0 Å². The Hall–Kier alpha value is -1.89. The molecule has 2 heterocycles. The fourth-order valence-electron chi connectivity index (χ4n) is 3.89. The highest BCUT2D eigenvalue weighted by molar-refractivity contribution is 7.09. The lowest BCUT2D eigenvalue weighted by Crippen LogP contribution is -2.58. The molecule has 2 N–H and O–H groups in total. The first-order valence-corrected chi connectivity index (χ1v) is 11.3. The van der Waals surface area contributed by atoms with Gasteiger partial charge in [0.15, 0.2) is 5.96 Å². The van der Waals surface area contributed by atoms with Gasteiger partial charge in [-0.3, -0.25) is 4.99 Å². The molecule has 6 heteroatoms. The molecule has 158 valence electrons. The van der Waals surface area contributed by atoms with Gasteiger partial charge in [0.25, 0.3) is 0 Å². The number of nitrogens with zero attached hydrogens (tertiary/aromatic N) is 2. The largest absolute Gasteiger partial charge is 0.381 e. The lowest BCUT2D eigenvalue weighted by molar-refractivity contribution is 0.0353. The van der Waals surface area contributed by atoms with Crippen LogP contribution >= 0.6 is 11.3 Å². The number of thiophene rings is 1. The molecule has 0 aliphatic carbocycles. The summed E-state index contributed by atoms with van der Waals surface area (Å²) in [5.41, 5.74) is 1.31. The molecule has 0 amide bonds. The molecular formula is C23H34N4OS. The van der Waals surface area contributed by atoms with E-state index < -0.39 is 0 Å². The second-order valence-corrected chi connectivity index (χ2v) is 8.85. The van der Waals surface area contributed by atoms with Gasteiger partial charge >= 0.3 is 0 Å². The Morgan fingerprint density at radius 2 is 1.97 bits per heavy atom. The van der Waals surface area contributed by atoms with Gasteiger partial charge in [-0.15, -0.1) is 11.3 Å². The molecule has 1 saturated heterocycles. The van der Waals surface area contributed by atoms with Gasteiger partial charge in [-0.2, -0.15) is 0 Å². The number of hydrogen-bond acceptors (Lipinski definition) is 4. The summed E-state index contributed by atoms with van der Waals surface area (Å²) in [6.07, 6.45) is 3.03. The minimum Gasteiger partial charge on any atom is -0.381 e. The van der Waals surface area contributed by atoms with E-state index in [2.05, 4.69) is 82.3 Å². The SMILES string of the molecule is CN=C(NCC1(NC(C)c2ccccc2)CCOCC1)N(C)CCc1cccs1. The van der Waals surface area contributed by atoms with Crippen LogP contribution in [0.25, 0.3) is 0 Å². The number of rotatable bonds is 8. The van der Waals surface area contributed by atoms with Crippen molar-refractivity contribution in [3.8, 4) is 0 Å². The highest BCUT2D eigenvalue weighted by Crippen LogP contribution is 2.25. The van der Waals surface area contributed by atoms with Crippen molar-refractivity contribution in [1.82, 2.24) is 15.5 Å². The monoisotopic (exact) mass is 414 g/mol. The van der Waals surface area contributed by atoms with Gasteiger partial charge < -0.3 is 20.3 Å². The first-order chi connectivity index (χ1) is 14.1. The standard InChI is InChI=1S/C23H34N4OS/c1-19(20-8-5-4-6-9-20)26-23(12-15-28-16-13-23)18-25-22(24-2)27(3)14-11-21-10-7-17-29-21/h4-10,17,19,26H,11-16,18H2,1-3H3,(H,24,25). The number of hydrogen-bond donors (Lipinski definition) is 2. The van der Waals surface area contributed by atoms with Gasteiger partial charge in [-0.1, -0.05) is 36.4 Å². The fraction of sp³-hybridized carbons (Fsp3) is 0.522. The predicted molar refractivity (Wildman–Crippen MR) is 123 cm³/mol. The molecule has 1 unspecified atom stereocenters. The predicted octanol–water partition coefficient (Wildman–Crippen LogP) is 3.70. The second kappa shape index (κ2) is 10.8. The van der Waals surface area contributed by atoms with Crippen LogP contribution in [0, 0.1) is 0 Å². The van der Waals surface area contributed by atoms with Gasteiger partial charge in [-0.05, 0) is 43.2 Å². The molecule has 1 fully saturated rings. The minimum absolute atomic E-state index is 0.00194. The molecule has 0 bridgehead atoms. The van der Waals surface area contributed by atoms with Crippen LogP contribution in [0.5, 0.6) is 0 Å². The van der Waals surface area contributed by atoms with E-state index in [-0.39, 0.29) is 11.6 Å². The molecule has 29 heavy (non-hydrogen) atoms. The van der Waals surface area contributed by atoms with Crippen LogP contribution in [-0.2, 0) is 11.2 Å². The summed E-state index contributed by atoms with van der Waals surface area (Å²) in [4.78, 5) is 8.14. The Labute approximate surface area is 179 Å². The molecule has 0 spiro atoms. The van der Waals surface area contributed by atoms with Crippen molar-refractivity contribution >= 4 is 17.3 Å². The van der Waals surface area contributed by atoms with Crippen LogP contribution < -0.4 is 10.6 Å². The van der Waals surface area contributed by atoms with E-state index in [0.717, 1.165) is 51.5 Å². The number of guanidine groups is 1. The maximum atomic E-state index is 5.67. The molecule has 1 aliphatic heterocycles. The summed E-state index contributed by atoms with van der Waals surface area (Å²) in [6, 6.07) is 15.2. The lowest BCUT2D eigenvalue weighted by Gasteiger charge is -2.41. The van der Waals surface area contributed by atoms with Crippen molar-refractivity contribution < 1.29 is 4.74 Å². The van der Waals surface area contributed by atoms with Gasteiger partial charge in [0.05, 0.1) is 0 Å². The number of benzene rings is 1. The zero-order valence-electron chi connectivity index (χ0n) is 17.9. The molecule has 1 aromatic carbocycles. The molecular weight excluding hydrogens is 380 g/mol. The molecule has 2 aromatic rings. The van der Waals surface area contributed by atoms with Crippen molar-refractivity contribution in [2.75, 3.05) is 40.4 Å². The van der Waals surface area contributed by atoms with Crippen LogP contribution in [0.3, 0.4) is 0 Å². The van der Waals surface area contributed by atoms with E-state index in [1.54, 1.807) is 0 Å². The van der Waals surface area contributed by atoms with Gasteiger partial charge in [0.2, 0.25) is 0 Å². The van der Waals surface area contributed by atoms with Gasteiger partial charge in [-0.25, -0.2) is 0 Å². The van der Waals surface area contributed by atoms with Crippen LogP contribution in [0.2, 0.25) is 0 Å². The summed E-state index contributed by atoms with van der Waals surface area (Å²) in [5.74, 6) is 0.946. The summed E-state index contributed by atoms with van der Waals surface area (Å²) in [5, 5.41) is 9.67. The lowest BCUT2D eigenvalue weighted by atomic mass is 9.88. The Bertz CT molecular complexity index is 742. The van der Waals surface area contributed by atoms with E-state index >= 15 is 0 Å². The molecule has 0 saturated carbocycles. The van der Waals surface area contributed by atoms with Crippen molar-refractivity contribution in [3.05, 3.63) is 58.3 Å². The fourth-order valence-corrected chi connectivity index (χ4v) is 4.59. The molecule has 1 aliphatic rings. The normalized spacial score (nSPS) is 17.7. The van der Waals surface area contributed by atoms with Crippen molar-refractivity contribution in [2.24, 2.45) is 4.99 Å². The third-order valence-electron chi connectivity index (χ3n) is 5.70. The zero-order chi connectivity index (χ0) is 20.5. The maximum Gasteiger partial charge on any atom is 0.193 e. The van der Waals surface area contributed by atoms with E-state index in [0.29, 0.717) is 0 Å². The number of nitrogens with one attached hydrogen (secondary N) is 2. The zero-order valence-corrected chi connectivity index (χ0v) is 18.7. The van der Waals surface area contributed by atoms with Crippen molar-refractivity contribution in [2.45, 2.75) is 37.8 Å². The first-order valence-electron chi connectivity index (χ1n) is 10.5. The van der Waals surface area contributed by atoms with E-state index in [4.69, 9.17) is 4.74 Å². The summed E-state index contributed by atoms with van der Waals surface area (Å²) >= 11 is 1.81. The topological polar surface area (TPSA) is 48.9 Å². The van der Waals surface area contributed by atoms with Crippen molar-refractivity contribution in [3.63, 3.8) is 0 Å². The molecule has 1 aromatic heterocycles. The van der Waals surface area contributed by atoms with E-state index in [1.807, 2.05) is 18.4 Å². The summed E-state index contributed by atoms with van der Waals surface area (Å²) in [6.45, 7) is 5.62. The number of aliphatic imine (C=N–C) groups is 1. The third-order valence-corrected chi connectivity index (χ3v) is 6.64. The van der Waals surface area contributed by atoms with Crippen LogP contribution in [-0.4, -0.2) is 56.8 Å². The van der Waals surface area contributed by atoms with Gasteiger partial charge in [0, 0.05) is 56.9 Å². The quantitative estimate of drug-likeness (QED) is 0.511. The van der Waals surface area contributed by atoms with Crippen LogP contribution in [0.4, 0.5) is 0 Å². The third kappa shape index (κ3) is 6.29. The molecule has 0 radical (unpaired) electrons. The first kappa shape index (κ1) is 21.8. The second-order valence-electron chi connectivity index (χ2n) is 7.82. The number of ether oxygens (including phenoxy) is 1. The minimum atomic E-state index is -0.00194. The summed E-state index contributed by atoms with van der Waals surface area (Å²) < 4.78 is 5.67. The van der Waals surface area contributed by atoms with E-state index in [1.165, 1.54) is 10.4 Å². The average molecular weight is 415 g/mol. The molecule has 1 atom stereocenters. The maximum absolute atomic E-state index is 5.67. The Morgan fingerprint density at radius 1 is 1.21 bits per heavy atom.